The fourth-order valence-corrected chi connectivity index (χ4v) is 4.23. The van der Waals surface area contributed by atoms with E-state index in [0.29, 0.717) is 16.9 Å². The predicted molar refractivity (Wildman–Crippen MR) is 106 cm³/mol. The highest BCUT2D eigenvalue weighted by atomic mass is 32.2. The number of non-ortho nitro benzene ring substituents is 1. The van der Waals surface area contributed by atoms with Gasteiger partial charge in [-0.15, -0.1) is 11.8 Å². The zero-order valence-corrected chi connectivity index (χ0v) is 15.8. The van der Waals surface area contributed by atoms with Crippen LogP contribution in [-0.2, 0) is 4.79 Å². The summed E-state index contributed by atoms with van der Waals surface area (Å²) in [6.07, 6.45) is 0. The maximum atomic E-state index is 11.3. The van der Waals surface area contributed by atoms with Gasteiger partial charge in [0.2, 0.25) is 6.54 Å². The lowest BCUT2D eigenvalue weighted by atomic mass is 9.98. The minimum atomic E-state index is -0.948. The zero-order valence-electron chi connectivity index (χ0n) is 15.0. The first-order chi connectivity index (χ1) is 13.9. The smallest absolute Gasteiger partial charge is 0.321 e. The Hall–Kier alpha value is -3.18. The van der Waals surface area contributed by atoms with E-state index in [0.717, 1.165) is 5.56 Å². The zero-order chi connectivity index (χ0) is 21.0. The Kier molecular flexibility index (Phi) is 6.29. The molecule has 3 rings (SSSR count). The molecule has 0 amide bonds. The number of thioether (sulfide) groups is 1. The number of benzene rings is 2. The van der Waals surface area contributed by atoms with Gasteiger partial charge in [0.1, 0.15) is 11.8 Å². The molecule has 152 valence electrons. The molecule has 2 unspecified atom stereocenters. The van der Waals surface area contributed by atoms with Crippen molar-refractivity contribution in [1.29, 1.82) is 0 Å². The molecule has 2 aromatic carbocycles. The molecule has 11 heteroatoms. The third kappa shape index (κ3) is 4.81. The minimum absolute atomic E-state index is 0.146. The molecule has 2 atom stereocenters. The molecule has 1 heterocycles. The minimum Gasteiger partial charge on any atom is -0.486 e. The molecule has 1 saturated heterocycles. The standard InChI is InChI=1S/C18H17N3O7S/c22-18(23)15-10-29-17(19-15)13-4-2-1-3-12(13)14-9-11(21(26)27)5-6-16(14)28-8-7-20(24)25/h1-6,9,15,17,19H,7-8,10H2,(H,22,23). The number of nitrogens with zero attached hydrogens (tertiary/aromatic N) is 2. The molecule has 1 aliphatic heterocycles. The van der Waals surface area contributed by atoms with E-state index >= 15 is 0 Å². The van der Waals surface area contributed by atoms with Gasteiger partial charge in [-0.3, -0.25) is 30.3 Å². The molecule has 10 nitrogen and oxygen atoms in total. The van der Waals surface area contributed by atoms with Gasteiger partial charge in [-0.2, -0.15) is 0 Å². The van der Waals surface area contributed by atoms with E-state index in [4.69, 9.17) is 4.74 Å². The highest BCUT2D eigenvalue weighted by Gasteiger charge is 2.32. The number of hydrogen-bond donors (Lipinski definition) is 2. The number of nitrogens with one attached hydrogen (secondary N) is 1. The van der Waals surface area contributed by atoms with Crippen LogP contribution in [0.4, 0.5) is 5.69 Å². The Morgan fingerprint density at radius 2 is 1.97 bits per heavy atom. The van der Waals surface area contributed by atoms with Crippen LogP contribution in [0.25, 0.3) is 11.1 Å². The van der Waals surface area contributed by atoms with Gasteiger partial charge in [0.15, 0.2) is 6.61 Å². The van der Waals surface area contributed by atoms with E-state index in [-0.39, 0.29) is 23.4 Å². The molecular formula is C18H17N3O7S. The van der Waals surface area contributed by atoms with Crippen LogP contribution in [0, 0.1) is 20.2 Å². The molecule has 29 heavy (non-hydrogen) atoms. The summed E-state index contributed by atoms with van der Waals surface area (Å²) in [7, 11) is 0. The van der Waals surface area contributed by atoms with Crippen LogP contribution in [0.5, 0.6) is 5.75 Å². The molecule has 0 aliphatic carbocycles. The Bertz CT molecular complexity index is 953. The van der Waals surface area contributed by atoms with Gasteiger partial charge in [-0.1, -0.05) is 24.3 Å². The van der Waals surface area contributed by atoms with Gasteiger partial charge in [0, 0.05) is 28.4 Å². The first-order valence-electron chi connectivity index (χ1n) is 8.59. The molecule has 0 saturated carbocycles. The fourth-order valence-electron chi connectivity index (χ4n) is 2.96. The van der Waals surface area contributed by atoms with Gasteiger partial charge in [-0.05, 0) is 17.2 Å². The number of carboxylic acid groups (broad SMARTS) is 1. The van der Waals surface area contributed by atoms with Crippen molar-refractivity contribution in [2.24, 2.45) is 0 Å². The van der Waals surface area contributed by atoms with Gasteiger partial charge in [-0.25, -0.2) is 0 Å². The summed E-state index contributed by atoms with van der Waals surface area (Å²) >= 11 is 1.42. The molecule has 1 fully saturated rings. The van der Waals surface area contributed by atoms with E-state index in [1.54, 1.807) is 18.2 Å². The van der Waals surface area contributed by atoms with Crippen LogP contribution < -0.4 is 10.1 Å². The predicted octanol–water partition coefficient (Wildman–Crippen LogP) is 2.71. The highest BCUT2D eigenvalue weighted by Crippen LogP contribution is 2.42. The average molecular weight is 419 g/mol. The van der Waals surface area contributed by atoms with Gasteiger partial charge in [0.05, 0.1) is 10.3 Å². The summed E-state index contributed by atoms with van der Waals surface area (Å²) in [6, 6.07) is 10.5. The molecule has 1 aliphatic rings. The monoisotopic (exact) mass is 419 g/mol. The number of carbonyl (C=O) groups is 1. The number of nitro benzene ring substituents is 1. The first kappa shape index (κ1) is 20.6. The molecule has 2 N–H and O–H groups in total. The Labute approximate surface area is 169 Å². The quantitative estimate of drug-likeness (QED) is 0.487. The second-order valence-corrected chi connectivity index (χ2v) is 7.34. The number of ether oxygens (including phenoxy) is 1. The highest BCUT2D eigenvalue weighted by molar-refractivity contribution is 7.99. The molecular weight excluding hydrogens is 402 g/mol. The van der Waals surface area contributed by atoms with Crippen molar-refractivity contribution in [3.8, 4) is 16.9 Å². The lowest BCUT2D eigenvalue weighted by Crippen LogP contribution is -2.33. The van der Waals surface area contributed by atoms with Gasteiger partial charge >= 0.3 is 5.97 Å². The third-order valence-electron chi connectivity index (χ3n) is 4.32. The third-order valence-corrected chi connectivity index (χ3v) is 5.57. The van der Waals surface area contributed by atoms with E-state index in [1.165, 1.54) is 30.0 Å². The first-order valence-corrected chi connectivity index (χ1v) is 9.64. The number of hydrogen-bond acceptors (Lipinski definition) is 8. The Balaban J connectivity index is 2.00. The van der Waals surface area contributed by atoms with Crippen LogP contribution in [0.15, 0.2) is 42.5 Å². The van der Waals surface area contributed by atoms with Crippen LogP contribution >= 0.6 is 11.8 Å². The number of carboxylic acids is 1. The van der Waals surface area contributed by atoms with Crippen molar-refractivity contribution in [1.82, 2.24) is 5.32 Å². The Morgan fingerprint density at radius 1 is 1.21 bits per heavy atom. The van der Waals surface area contributed by atoms with Crippen LogP contribution in [-0.4, -0.2) is 45.9 Å². The second-order valence-electron chi connectivity index (χ2n) is 6.20. The topological polar surface area (TPSA) is 145 Å². The lowest BCUT2D eigenvalue weighted by molar-refractivity contribution is -0.481. The normalized spacial score (nSPS) is 18.3. The van der Waals surface area contributed by atoms with Crippen molar-refractivity contribution >= 4 is 23.4 Å². The fraction of sp³-hybridized carbons (Fsp3) is 0.278. The van der Waals surface area contributed by atoms with Crippen molar-refractivity contribution in [2.75, 3.05) is 18.9 Å². The Morgan fingerprint density at radius 3 is 2.62 bits per heavy atom. The number of rotatable bonds is 8. The summed E-state index contributed by atoms with van der Waals surface area (Å²) in [5.74, 6) is -0.283. The largest absolute Gasteiger partial charge is 0.486 e. The van der Waals surface area contributed by atoms with Gasteiger partial charge in [0.25, 0.3) is 5.69 Å². The van der Waals surface area contributed by atoms with E-state index < -0.39 is 28.4 Å². The summed E-state index contributed by atoms with van der Waals surface area (Å²) in [6.45, 7) is -0.587. The molecule has 2 aromatic rings. The SMILES string of the molecule is O=C(O)C1CSC(c2ccccc2-c2cc([N+](=O)[O-])ccc2OCC[N+](=O)[O-])N1. The van der Waals surface area contributed by atoms with Crippen LogP contribution in [0.3, 0.4) is 0 Å². The summed E-state index contributed by atoms with van der Waals surface area (Å²) in [5.41, 5.74) is 1.65. The van der Waals surface area contributed by atoms with Crippen LogP contribution in [0.1, 0.15) is 10.9 Å². The molecule has 0 aromatic heterocycles. The summed E-state index contributed by atoms with van der Waals surface area (Å²) in [5, 5.41) is 33.8. The van der Waals surface area contributed by atoms with E-state index in [2.05, 4.69) is 5.32 Å². The maximum Gasteiger partial charge on any atom is 0.321 e. The van der Waals surface area contributed by atoms with Crippen molar-refractivity contribution in [3.63, 3.8) is 0 Å². The average Bonchev–Trinajstić information content (AvgIpc) is 3.18. The second kappa shape index (κ2) is 8.88. The summed E-state index contributed by atoms with van der Waals surface area (Å²) < 4.78 is 5.53. The number of aliphatic carboxylic acids is 1. The molecule has 0 radical (unpaired) electrons. The maximum absolute atomic E-state index is 11.3. The van der Waals surface area contributed by atoms with Crippen molar-refractivity contribution in [2.45, 2.75) is 11.4 Å². The van der Waals surface area contributed by atoms with Crippen molar-refractivity contribution < 1.29 is 24.5 Å². The molecule has 0 bridgehead atoms. The lowest BCUT2D eigenvalue weighted by Gasteiger charge is -2.18. The van der Waals surface area contributed by atoms with Crippen molar-refractivity contribution in [3.05, 3.63) is 68.3 Å². The van der Waals surface area contributed by atoms with Gasteiger partial charge < -0.3 is 9.84 Å². The molecule has 0 spiro atoms. The van der Waals surface area contributed by atoms with E-state index in [9.17, 15) is 30.1 Å². The van der Waals surface area contributed by atoms with Crippen LogP contribution in [0.2, 0.25) is 0 Å². The number of nitro groups is 2. The summed E-state index contributed by atoms with van der Waals surface area (Å²) in [4.78, 5) is 32.0. The van der Waals surface area contributed by atoms with E-state index in [1.807, 2.05) is 6.07 Å².